The number of carbonyl (C=O) groups excluding carboxylic acids is 6. The maximum atomic E-state index is 12.4. The van der Waals surface area contributed by atoms with Gasteiger partial charge in [-0.05, 0) is 67.8 Å². The van der Waals surface area contributed by atoms with Crippen molar-refractivity contribution in [3.63, 3.8) is 0 Å². The van der Waals surface area contributed by atoms with Gasteiger partial charge in [-0.25, -0.2) is 0 Å². The minimum Gasteiger partial charge on any atom is -0.481 e. The number of nitrogens with two attached hydrogens (primary N) is 1. The molecule has 1 unspecified atom stereocenters. The minimum absolute atomic E-state index is 0.0131. The van der Waals surface area contributed by atoms with Crippen molar-refractivity contribution in [1.29, 1.82) is 0 Å². The van der Waals surface area contributed by atoms with Gasteiger partial charge in [-0.3, -0.25) is 43.3 Å². The number of anilines is 2. The molecule has 1 heterocycles. The van der Waals surface area contributed by atoms with E-state index in [4.69, 9.17) is 15.9 Å². The zero-order chi connectivity index (χ0) is 38.9. The van der Waals surface area contributed by atoms with E-state index in [1.807, 2.05) is 0 Å². The molecule has 0 bridgehead atoms. The summed E-state index contributed by atoms with van der Waals surface area (Å²) in [5.74, 6) is -6.38. The normalized spacial score (nSPS) is 15.1. The summed E-state index contributed by atoms with van der Waals surface area (Å²) >= 11 is 1.17. The van der Waals surface area contributed by atoms with Crippen LogP contribution in [-0.2, 0) is 38.4 Å². The van der Waals surface area contributed by atoms with Gasteiger partial charge in [0.05, 0.1) is 42.2 Å². The Morgan fingerprint density at radius 3 is 1.91 bits per heavy atom. The summed E-state index contributed by atoms with van der Waals surface area (Å²) in [5.41, 5.74) is 7.15. The number of thioether (sulfide) groups is 1. The fourth-order valence-corrected chi connectivity index (χ4v) is 5.72. The number of rotatable bonds is 21. The molecular weight excluding hydrogens is 716 g/mol. The van der Waals surface area contributed by atoms with Gasteiger partial charge in [-0.1, -0.05) is 0 Å². The smallest absolute Gasteiger partial charge is 0.320 e. The molecule has 9 N–H and O–H groups in total. The summed E-state index contributed by atoms with van der Waals surface area (Å²) in [6.07, 6.45) is -0.216. The molecular formula is C33H40N8O11S. The highest BCUT2D eigenvalue weighted by Gasteiger charge is 2.39. The molecule has 19 nitrogen and oxygen atoms in total. The zero-order valence-electron chi connectivity index (χ0n) is 28.4. The number of carboxylic acids is 2. The van der Waals surface area contributed by atoms with Gasteiger partial charge in [0.15, 0.2) is 0 Å². The number of imide groups is 1. The number of nitrogens with zero attached hydrogens (tertiary/aromatic N) is 3. The maximum absolute atomic E-state index is 12.4. The molecule has 2 aromatic rings. The average molecular weight is 757 g/mol. The zero-order valence-corrected chi connectivity index (χ0v) is 29.2. The summed E-state index contributed by atoms with van der Waals surface area (Å²) in [4.78, 5) is 96.4. The third kappa shape index (κ3) is 14.4. The Balaban J connectivity index is 1.34. The summed E-state index contributed by atoms with van der Waals surface area (Å²) < 4.78 is 0. The van der Waals surface area contributed by atoms with E-state index in [-0.39, 0.29) is 45.3 Å². The molecule has 3 atom stereocenters. The monoisotopic (exact) mass is 756 g/mol. The van der Waals surface area contributed by atoms with Crippen LogP contribution in [0.2, 0.25) is 0 Å². The fourth-order valence-electron chi connectivity index (χ4n) is 4.80. The van der Waals surface area contributed by atoms with Crippen LogP contribution in [0.1, 0.15) is 32.1 Å². The van der Waals surface area contributed by atoms with Gasteiger partial charge in [0.25, 0.3) is 0 Å². The van der Waals surface area contributed by atoms with Crippen LogP contribution in [0, 0.1) is 5.92 Å². The van der Waals surface area contributed by atoms with Crippen molar-refractivity contribution in [3.05, 3.63) is 48.5 Å². The Morgan fingerprint density at radius 1 is 0.811 bits per heavy atom. The van der Waals surface area contributed by atoms with Crippen molar-refractivity contribution in [3.8, 4) is 0 Å². The summed E-state index contributed by atoms with van der Waals surface area (Å²) in [6, 6.07) is 11.3. The summed E-state index contributed by atoms with van der Waals surface area (Å²) in [7, 11) is 0. The number of aliphatic carboxylic acids is 2. The van der Waals surface area contributed by atoms with Gasteiger partial charge < -0.3 is 42.3 Å². The van der Waals surface area contributed by atoms with Crippen LogP contribution in [0.25, 0.3) is 0 Å². The highest BCUT2D eigenvalue weighted by Crippen LogP contribution is 2.25. The molecule has 0 aliphatic carbocycles. The van der Waals surface area contributed by atoms with Crippen LogP contribution in [0.3, 0.4) is 0 Å². The molecule has 0 radical (unpaired) electrons. The van der Waals surface area contributed by atoms with Crippen molar-refractivity contribution in [1.82, 2.24) is 15.5 Å². The molecule has 3 rings (SSSR count). The molecule has 0 saturated carbocycles. The number of hydrogen-bond acceptors (Lipinski definition) is 13. The Morgan fingerprint density at radius 2 is 1.36 bits per heavy atom. The van der Waals surface area contributed by atoms with Gasteiger partial charge >= 0.3 is 11.9 Å². The van der Waals surface area contributed by atoms with Crippen molar-refractivity contribution >= 4 is 81.9 Å². The minimum atomic E-state index is -1.33. The van der Waals surface area contributed by atoms with E-state index < -0.39 is 77.7 Å². The van der Waals surface area contributed by atoms with Crippen LogP contribution in [0.5, 0.6) is 0 Å². The first-order chi connectivity index (χ1) is 25.2. The molecule has 0 spiro atoms. The van der Waals surface area contributed by atoms with Gasteiger partial charge in [-0.2, -0.15) is 10.2 Å². The second-order valence-corrected chi connectivity index (χ2v) is 13.0. The second kappa shape index (κ2) is 21.0. The first-order valence-electron chi connectivity index (χ1n) is 16.3. The number of benzene rings is 2. The Bertz CT molecular complexity index is 1690. The van der Waals surface area contributed by atoms with Gasteiger partial charge in [0, 0.05) is 30.0 Å². The summed E-state index contributed by atoms with van der Waals surface area (Å²) in [5, 5.41) is 44.6. The lowest BCUT2D eigenvalue weighted by molar-refractivity contribution is -0.144. The quantitative estimate of drug-likeness (QED) is 0.0645. The van der Waals surface area contributed by atoms with Crippen molar-refractivity contribution in [2.75, 3.05) is 42.6 Å². The lowest BCUT2D eigenvalue weighted by Gasteiger charge is -2.14. The number of azo groups is 1. The lowest BCUT2D eigenvalue weighted by Crippen LogP contribution is -2.40. The SMILES string of the molecule is N[C@@H](C[C@@H](CCCC(=O)NCC(=O)NCC(=O)Nc1ccc(/N=N/c2ccc(NC(=O)CN3C(=O)CC(SCCO)C3=O)cc2)cc1)C(=O)O)C(=O)O. The average Bonchev–Trinajstić information content (AvgIpc) is 3.39. The Hall–Kier alpha value is -5.73. The Labute approximate surface area is 307 Å². The number of carboxylic acid groups (broad SMARTS) is 2. The van der Waals surface area contributed by atoms with Gasteiger partial charge in [0.1, 0.15) is 12.6 Å². The van der Waals surface area contributed by atoms with E-state index in [1.165, 1.54) is 11.8 Å². The third-order valence-corrected chi connectivity index (χ3v) is 8.74. The van der Waals surface area contributed by atoms with Gasteiger partial charge in [-0.15, -0.1) is 11.8 Å². The first-order valence-corrected chi connectivity index (χ1v) is 17.3. The van der Waals surface area contributed by atoms with Crippen molar-refractivity contribution in [2.24, 2.45) is 21.9 Å². The number of carbonyl (C=O) groups is 8. The number of nitrogens with one attached hydrogen (secondary N) is 4. The van der Waals surface area contributed by atoms with E-state index in [0.29, 0.717) is 28.5 Å². The van der Waals surface area contributed by atoms with Crippen LogP contribution < -0.4 is 27.0 Å². The molecule has 284 valence electrons. The van der Waals surface area contributed by atoms with Crippen molar-refractivity contribution < 1.29 is 53.7 Å². The number of aliphatic hydroxyl groups excluding tert-OH is 1. The van der Waals surface area contributed by atoms with Gasteiger partial charge in [0.2, 0.25) is 35.4 Å². The van der Waals surface area contributed by atoms with Crippen LogP contribution in [-0.4, -0.2) is 111 Å². The molecule has 1 fully saturated rings. The lowest BCUT2D eigenvalue weighted by atomic mass is 9.94. The van der Waals surface area contributed by atoms with E-state index in [1.54, 1.807) is 48.5 Å². The topological polar surface area (TPSA) is 299 Å². The molecule has 1 aliphatic heterocycles. The molecule has 6 amide bonds. The standard InChI is InChI=1S/C33H40N8O11S/c34-24(33(51)52)14-19(32(49)50)2-1-3-26(43)35-16-27(44)36-17-28(45)37-20-4-8-22(9-5-20)39-40-23-10-6-21(7-11-23)38-29(46)18-41-30(47)15-25(31(41)48)53-13-12-42/h4-11,19,24-25,42H,1-3,12-18,34H2,(H,35,43)(H,36,44)(H,37,45)(H,38,46)(H,49,50)(H,51,52)/b40-39+/t19-,24+,25?/m1/s1. The second-order valence-electron chi connectivity index (χ2n) is 11.7. The molecule has 1 saturated heterocycles. The highest BCUT2D eigenvalue weighted by atomic mass is 32.2. The number of likely N-dealkylation sites (tertiary alicyclic amines) is 1. The number of hydrogen-bond donors (Lipinski definition) is 8. The maximum Gasteiger partial charge on any atom is 0.320 e. The molecule has 1 aliphatic rings. The molecule has 53 heavy (non-hydrogen) atoms. The highest BCUT2D eigenvalue weighted by molar-refractivity contribution is 8.00. The largest absolute Gasteiger partial charge is 0.481 e. The van der Waals surface area contributed by atoms with Crippen LogP contribution >= 0.6 is 11.8 Å². The molecule has 0 aromatic heterocycles. The summed E-state index contributed by atoms with van der Waals surface area (Å²) in [6.45, 7) is -1.33. The number of amides is 6. The van der Waals surface area contributed by atoms with E-state index in [2.05, 4.69) is 31.5 Å². The Kier molecular flexibility index (Phi) is 16.5. The predicted molar refractivity (Wildman–Crippen MR) is 190 cm³/mol. The van der Waals surface area contributed by atoms with E-state index in [0.717, 1.165) is 4.90 Å². The molecule has 2 aromatic carbocycles. The third-order valence-electron chi connectivity index (χ3n) is 7.55. The fraction of sp³-hybridized carbons (Fsp3) is 0.394. The first kappa shape index (κ1) is 41.7. The van der Waals surface area contributed by atoms with E-state index in [9.17, 15) is 43.5 Å². The van der Waals surface area contributed by atoms with Crippen LogP contribution in [0.4, 0.5) is 22.7 Å². The van der Waals surface area contributed by atoms with Crippen molar-refractivity contribution in [2.45, 2.75) is 43.4 Å². The van der Waals surface area contributed by atoms with Crippen LogP contribution in [0.15, 0.2) is 58.8 Å². The number of aliphatic hydroxyl groups is 1. The van der Waals surface area contributed by atoms with E-state index >= 15 is 0 Å². The molecule has 20 heteroatoms. The predicted octanol–water partition coefficient (Wildman–Crippen LogP) is 0.738.